The number of benzene rings is 1. The maximum absolute atomic E-state index is 12.6. The molecule has 0 spiro atoms. The molecule has 1 heterocycles. The summed E-state index contributed by atoms with van der Waals surface area (Å²) in [5.74, 6) is -0.949. The lowest BCUT2D eigenvalue weighted by Gasteiger charge is -2.17. The number of aromatic amines is 1. The molecular weight excluding hydrogens is 370 g/mol. The first-order chi connectivity index (χ1) is 12.8. The molecule has 0 fully saturated rings. The van der Waals surface area contributed by atoms with Crippen LogP contribution in [0.25, 0.3) is 6.08 Å². The predicted octanol–water partition coefficient (Wildman–Crippen LogP) is 1.21. The van der Waals surface area contributed by atoms with E-state index in [1.165, 1.54) is 41.7 Å². The van der Waals surface area contributed by atoms with E-state index in [9.17, 15) is 13.2 Å². The zero-order valence-electron chi connectivity index (χ0n) is 14.6. The van der Waals surface area contributed by atoms with Crippen LogP contribution in [0, 0.1) is 11.3 Å². The maximum atomic E-state index is 12.6. The summed E-state index contributed by atoms with van der Waals surface area (Å²) in [6, 6.07) is 7.89. The second kappa shape index (κ2) is 8.48. The third-order valence-electron chi connectivity index (χ3n) is 3.89. The Balaban J connectivity index is 2.01. The summed E-state index contributed by atoms with van der Waals surface area (Å²) in [7, 11) is -2.20. The van der Waals surface area contributed by atoms with E-state index in [4.69, 9.17) is 16.1 Å². The van der Waals surface area contributed by atoms with Crippen molar-refractivity contribution >= 4 is 27.9 Å². The molecule has 0 amide bonds. The summed E-state index contributed by atoms with van der Waals surface area (Å²) in [6.45, 7) is 0.243. The average molecular weight is 389 g/mol. The van der Waals surface area contributed by atoms with Gasteiger partial charge in [0.1, 0.15) is 11.6 Å². The lowest BCUT2D eigenvalue weighted by atomic mass is 10.1. The Bertz CT molecular complexity index is 987. The van der Waals surface area contributed by atoms with Crippen molar-refractivity contribution in [1.82, 2.24) is 14.5 Å². The highest BCUT2D eigenvalue weighted by Gasteiger charge is 2.20. The number of nitrogens with two attached hydrogens (primary N) is 1. The summed E-state index contributed by atoms with van der Waals surface area (Å²) in [5.41, 5.74) is 7.02. The van der Waals surface area contributed by atoms with E-state index in [0.29, 0.717) is 24.1 Å². The molecule has 0 radical (unpaired) electrons. The van der Waals surface area contributed by atoms with Crippen LogP contribution in [0.3, 0.4) is 0 Å². The van der Waals surface area contributed by atoms with Crippen LogP contribution in [-0.4, -0.2) is 47.6 Å². The Morgan fingerprint density at radius 1 is 1.41 bits per heavy atom. The van der Waals surface area contributed by atoms with Gasteiger partial charge in [0, 0.05) is 19.7 Å². The second-order valence-corrected chi connectivity index (χ2v) is 7.79. The zero-order valence-corrected chi connectivity index (χ0v) is 15.4. The van der Waals surface area contributed by atoms with Gasteiger partial charge in [-0.25, -0.2) is 17.5 Å². The Hall–Kier alpha value is -3.16. The normalized spacial score (nSPS) is 11.7. The number of aliphatic carboxylic acids is 1. The Morgan fingerprint density at radius 3 is 2.67 bits per heavy atom. The number of anilines is 1. The molecule has 9 nitrogen and oxygen atoms in total. The van der Waals surface area contributed by atoms with Crippen LogP contribution >= 0.6 is 0 Å². The van der Waals surface area contributed by atoms with Crippen LogP contribution in [0.5, 0.6) is 0 Å². The number of H-pyrrole nitrogens is 1. The van der Waals surface area contributed by atoms with Crippen LogP contribution in [0.15, 0.2) is 35.2 Å². The minimum atomic E-state index is -3.67. The average Bonchev–Trinajstić information content (AvgIpc) is 2.99. The number of sulfonamides is 1. The molecule has 27 heavy (non-hydrogen) atoms. The van der Waals surface area contributed by atoms with Gasteiger partial charge in [-0.1, -0.05) is 12.1 Å². The molecule has 0 aliphatic rings. The number of carbonyl (C=O) groups is 1. The maximum Gasteiger partial charge on any atom is 0.328 e. The SMILES string of the molecule is CN(CCCc1[nH]nc(N)c1C#N)S(=O)(=O)c1ccc(C=CC(=O)O)cc1. The lowest BCUT2D eigenvalue weighted by Crippen LogP contribution is -2.28. The quantitative estimate of drug-likeness (QED) is 0.573. The third kappa shape index (κ3) is 4.93. The number of rotatable bonds is 8. The molecule has 1 aromatic heterocycles. The monoisotopic (exact) mass is 389 g/mol. The highest BCUT2D eigenvalue weighted by molar-refractivity contribution is 7.89. The predicted molar refractivity (Wildman–Crippen MR) is 99.0 cm³/mol. The number of nitriles is 1. The van der Waals surface area contributed by atoms with E-state index in [2.05, 4.69) is 10.2 Å². The minimum Gasteiger partial charge on any atom is -0.478 e. The number of nitrogen functional groups attached to an aromatic ring is 1. The van der Waals surface area contributed by atoms with E-state index < -0.39 is 16.0 Å². The van der Waals surface area contributed by atoms with Gasteiger partial charge in [0.25, 0.3) is 0 Å². The summed E-state index contributed by atoms with van der Waals surface area (Å²) in [5, 5.41) is 24.1. The van der Waals surface area contributed by atoms with Crippen LogP contribution in [-0.2, 0) is 21.2 Å². The Morgan fingerprint density at radius 2 is 2.07 bits per heavy atom. The van der Waals surface area contributed by atoms with Gasteiger partial charge in [0.2, 0.25) is 10.0 Å². The van der Waals surface area contributed by atoms with Gasteiger partial charge < -0.3 is 10.8 Å². The highest BCUT2D eigenvalue weighted by atomic mass is 32.2. The minimum absolute atomic E-state index is 0.112. The summed E-state index contributed by atoms with van der Waals surface area (Å²) in [4.78, 5) is 10.6. The molecule has 0 bridgehead atoms. The molecule has 10 heteroatoms. The van der Waals surface area contributed by atoms with Crippen molar-refractivity contribution < 1.29 is 18.3 Å². The van der Waals surface area contributed by atoms with Crippen LogP contribution in [0.1, 0.15) is 23.2 Å². The largest absolute Gasteiger partial charge is 0.478 e. The smallest absolute Gasteiger partial charge is 0.328 e. The number of carboxylic acids is 1. The van der Waals surface area contributed by atoms with Gasteiger partial charge in [-0.05, 0) is 36.6 Å². The van der Waals surface area contributed by atoms with E-state index in [1.807, 2.05) is 6.07 Å². The van der Waals surface area contributed by atoms with E-state index in [-0.39, 0.29) is 22.8 Å². The first-order valence-corrected chi connectivity index (χ1v) is 9.40. The third-order valence-corrected chi connectivity index (χ3v) is 5.76. The number of carboxylic acid groups (broad SMARTS) is 1. The first kappa shape index (κ1) is 20.2. The number of aryl methyl sites for hydroxylation is 1. The van der Waals surface area contributed by atoms with Crippen molar-refractivity contribution in [3.05, 3.63) is 47.2 Å². The van der Waals surface area contributed by atoms with Gasteiger partial charge in [-0.2, -0.15) is 10.4 Å². The van der Waals surface area contributed by atoms with Crippen molar-refractivity contribution in [2.45, 2.75) is 17.7 Å². The highest BCUT2D eigenvalue weighted by Crippen LogP contribution is 2.18. The fourth-order valence-corrected chi connectivity index (χ4v) is 3.61. The number of hydrogen-bond donors (Lipinski definition) is 3. The molecule has 0 atom stereocenters. The standard InChI is InChI=1S/C17H19N5O4S/c1-22(10-2-3-15-14(11-18)17(19)21-20-15)27(25,26)13-7-4-12(5-8-13)6-9-16(23)24/h4-9H,2-3,10H2,1H3,(H,23,24)(H3,19,20,21). The fraction of sp³-hybridized carbons (Fsp3) is 0.235. The fourth-order valence-electron chi connectivity index (χ4n) is 2.40. The molecule has 142 valence electrons. The van der Waals surface area contributed by atoms with Gasteiger partial charge >= 0.3 is 5.97 Å². The molecule has 0 aliphatic carbocycles. The number of nitrogens with zero attached hydrogens (tertiary/aromatic N) is 3. The zero-order chi connectivity index (χ0) is 20.0. The second-order valence-electron chi connectivity index (χ2n) is 5.74. The van der Waals surface area contributed by atoms with E-state index in [0.717, 1.165) is 6.08 Å². The Labute approximate surface area is 156 Å². The van der Waals surface area contributed by atoms with Crippen molar-refractivity contribution in [1.29, 1.82) is 5.26 Å². The topological polar surface area (TPSA) is 153 Å². The van der Waals surface area contributed by atoms with Crippen LogP contribution in [0.2, 0.25) is 0 Å². The number of hydrogen-bond acceptors (Lipinski definition) is 6. The summed E-state index contributed by atoms with van der Waals surface area (Å²) >= 11 is 0. The molecule has 1 aromatic carbocycles. The van der Waals surface area contributed by atoms with Crippen LogP contribution < -0.4 is 5.73 Å². The van der Waals surface area contributed by atoms with Crippen molar-refractivity contribution in [3.63, 3.8) is 0 Å². The molecule has 4 N–H and O–H groups in total. The van der Waals surface area contributed by atoms with Gasteiger partial charge in [-0.3, -0.25) is 5.10 Å². The number of nitrogens with one attached hydrogen (secondary N) is 1. The molecular formula is C17H19N5O4S. The van der Waals surface area contributed by atoms with Gasteiger partial charge in [0.15, 0.2) is 5.82 Å². The molecule has 0 aliphatic heterocycles. The van der Waals surface area contributed by atoms with Gasteiger partial charge in [0.05, 0.1) is 10.6 Å². The van der Waals surface area contributed by atoms with Gasteiger partial charge in [-0.15, -0.1) is 0 Å². The number of aromatic nitrogens is 2. The summed E-state index contributed by atoms with van der Waals surface area (Å²) in [6.07, 6.45) is 3.27. The van der Waals surface area contributed by atoms with Crippen molar-refractivity contribution in [3.8, 4) is 6.07 Å². The van der Waals surface area contributed by atoms with E-state index >= 15 is 0 Å². The first-order valence-electron chi connectivity index (χ1n) is 7.96. The molecule has 0 saturated heterocycles. The summed E-state index contributed by atoms with van der Waals surface area (Å²) < 4.78 is 26.4. The molecule has 0 saturated carbocycles. The van der Waals surface area contributed by atoms with Crippen LogP contribution in [0.4, 0.5) is 5.82 Å². The Kier molecular flexibility index (Phi) is 6.33. The van der Waals surface area contributed by atoms with Crippen molar-refractivity contribution in [2.24, 2.45) is 0 Å². The lowest BCUT2D eigenvalue weighted by molar-refractivity contribution is -0.131. The van der Waals surface area contributed by atoms with E-state index in [1.54, 1.807) is 0 Å². The molecule has 2 rings (SSSR count). The molecule has 0 unspecified atom stereocenters. The molecule has 2 aromatic rings. The van der Waals surface area contributed by atoms with Crippen molar-refractivity contribution in [2.75, 3.05) is 19.3 Å².